The summed E-state index contributed by atoms with van der Waals surface area (Å²) in [7, 11) is 2.14. The first-order valence-electron chi connectivity index (χ1n) is 12.4. The zero-order chi connectivity index (χ0) is 24.8. The number of hydrogen-bond donors (Lipinski definition) is 0. The highest BCUT2D eigenvalue weighted by molar-refractivity contribution is 6.99. The van der Waals surface area contributed by atoms with Crippen molar-refractivity contribution in [3.63, 3.8) is 0 Å². The van der Waals surface area contributed by atoms with Crippen LogP contribution in [0.15, 0.2) is 6.08 Å². The van der Waals surface area contributed by atoms with Gasteiger partial charge in [-0.15, -0.1) is 4.37 Å². The molecule has 0 bridgehead atoms. The molecule has 0 amide bonds. The lowest BCUT2D eigenvalue weighted by molar-refractivity contribution is -0.944. The molecule has 0 saturated carbocycles. The van der Waals surface area contributed by atoms with E-state index < -0.39 is 5.41 Å². The average Bonchev–Trinajstić information content (AvgIpc) is 3.24. The van der Waals surface area contributed by atoms with Crippen molar-refractivity contribution in [1.82, 2.24) is 8.75 Å². The molecule has 1 aliphatic rings. The van der Waals surface area contributed by atoms with Crippen LogP contribution in [0.25, 0.3) is 5.57 Å². The van der Waals surface area contributed by atoms with Crippen LogP contribution < -0.4 is 4.74 Å². The Balaban J connectivity index is 0.00000227. The van der Waals surface area contributed by atoms with Gasteiger partial charge in [0.2, 0.25) is 6.23 Å². The van der Waals surface area contributed by atoms with Crippen molar-refractivity contribution in [2.75, 3.05) is 26.7 Å². The highest BCUT2D eigenvalue weighted by Gasteiger charge is 2.38. The van der Waals surface area contributed by atoms with E-state index in [-0.39, 0.29) is 12.2 Å². The minimum absolute atomic E-state index is 0.165. The molecule has 1 aromatic heterocycles. The van der Waals surface area contributed by atoms with Gasteiger partial charge in [0.05, 0.1) is 37.3 Å². The Kier molecular flexibility index (Phi) is 14.7. The fourth-order valence-corrected chi connectivity index (χ4v) is 3.71. The molecule has 1 aromatic rings. The highest BCUT2D eigenvalue weighted by atomic mass is 32.1. The zero-order valence-corrected chi connectivity index (χ0v) is 23.1. The summed E-state index contributed by atoms with van der Waals surface area (Å²) in [5.74, 6) is 0.474. The highest BCUT2D eigenvalue weighted by Crippen LogP contribution is 2.32. The molecule has 2 rings (SSSR count). The van der Waals surface area contributed by atoms with Crippen LogP contribution in [0.5, 0.6) is 5.88 Å². The van der Waals surface area contributed by atoms with E-state index in [1.54, 1.807) is 0 Å². The van der Waals surface area contributed by atoms with Crippen molar-refractivity contribution in [1.29, 1.82) is 0 Å². The zero-order valence-electron chi connectivity index (χ0n) is 22.3. The topological polar surface area (TPSA) is 61.3 Å². The van der Waals surface area contributed by atoms with Gasteiger partial charge in [0.25, 0.3) is 5.88 Å². The lowest BCUT2D eigenvalue weighted by atomic mass is 9.97. The first-order chi connectivity index (χ1) is 15.2. The van der Waals surface area contributed by atoms with Gasteiger partial charge in [0, 0.05) is 18.9 Å². The Morgan fingerprint density at radius 1 is 1.16 bits per heavy atom. The fourth-order valence-electron chi connectivity index (χ4n) is 3.18. The first kappa shape index (κ1) is 30.5. The summed E-state index contributed by atoms with van der Waals surface area (Å²) >= 11 is 1.19. The summed E-state index contributed by atoms with van der Waals surface area (Å²) in [6, 6.07) is 0. The molecular formula is C25H48N3O3S+. The number of rotatable bonds is 9. The predicted octanol–water partition coefficient (Wildman–Crippen LogP) is 6.72. The lowest BCUT2D eigenvalue weighted by Crippen LogP contribution is -2.55. The third kappa shape index (κ3) is 9.57. The molecule has 7 heteroatoms. The van der Waals surface area contributed by atoms with Crippen LogP contribution in [-0.4, -0.2) is 52.2 Å². The lowest BCUT2D eigenvalue weighted by Gasteiger charge is -2.41. The van der Waals surface area contributed by atoms with Crippen molar-refractivity contribution in [3.05, 3.63) is 11.8 Å². The van der Waals surface area contributed by atoms with Gasteiger partial charge in [-0.2, -0.15) is 4.37 Å². The third-order valence-corrected chi connectivity index (χ3v) is 5.84. The molecule has 1 aliphatic heterocycles. The minimum atomic E-state index is -0.501. The van der Waals surface area contributed by atoms with Gasteiger partial charge in [0.15, 0.2) is 0 Å². The average molecular weight is 471 g/mol. The minimum Gasteiger partial charge on any atom is -0.475 e. The van der Waals surface area contributed by atoms with Crippen molar-refractivity contribution in [2.24, 2.45) is 5.41 Å². The van der Waals surface area contributed by atoms with Crippen molar-refractivity contribution in [2.45, 2.75) is 101 Å². The molecule has 0 radical (unpaired) electrons. The summed E-state index contributed by atoms with van der Waals surface area (Å²) in [6.45, 7) is 20.2. The second-order valence-corrected chi connectivity index (χ2v) is 9.49. The fraction of sp³-hybridized carbons (Fsp3) is 0.800. The smallest absolute Gasteiger partial charge is 0.315 e. The van der Waals surface area contributed by atoms with E-state index in [4.69, 9.17) is 9.47 Å². The number of unbranched alkanes of at least 4 members (excludes halogenated alkanes) is 3. The predicted molar refractivity (Wildman–Crippen MR) is 136 cm³/mol. The van der Waals surface area contributed by atoms with Crippen molar-refractivity contribution < 1.29 is 18.8 Å². The summed E-state index contributed by atoms with van der Waals surface area (Å²) in [6.07, 6.45) is 7.58. The van der Waals surface area contributed by atoms with Gasteiger partial charge in [-0.3, -0.25) is 9.28 Å². The van der Waals surface area contributed by atoms with Crippen molar-refractivity contribution >= 4 is 23.3 Å². The first-order valence-corrected chi connectivity index (χ1v) is 13.1. The molecule has 6 nitrogen and oxygen atoms in total. The van der Waals surface area contributed by atoms with Crippen LogP contribution in [-0.2, 0) is 9.53 Å². The maximum atomic E-state index is 12.3. The van der Waals surface area contributed by atoms with Crippen LogP contribution in [0, 0.1) is 5.41 Å². The molecule has 0 fully saturated rings. The van der Waals surface area contributed by atoms with Crippen LogP contribution in [0.4, 0.5) is 0 Å². The Hall–Kier alpha value is -1.47. The summed E-state index contributed by atoms with van der Waals surface area (Å²) in [5, 5.41) is 0. The van der Waals surface area contributed by atoms with Gasteiger partial charge in [-0.1, -0.05) is 60.0 Å². The number of quaternary nitrogens is 1. The molecule has 2 unspecified atom stereocenters. The van der Waals surface area contributed by atoms with Crippen molar-refractivity contribution in [3.8, 4) is 5.88 Å². The molecule has 2 heterocycles. The number of ether oxygens (including phenoxy) is 2. The molecule has 0 aromatic carbocycles. The van der Waals surface area contributed by atoms with Gasteiger partial charge < -0.3 is 9.47 Å². The number of nitrogens with zero attached hydrogens (tertiary/aromatic N) is 3. The second kappa shape index (κ2) is 15.4. The Labute approximate surface area is 201 Å². The SMILES string of the molecule is CC.CC.CCCCCCOc1nsnc1C1=CCC[N+](C)(C(C)OC(=O)C(C)(C)C)C1. The largest absolute Gasteiger partial charge is 0.475 e. The van der Waals surface area contributed by atoms with Crippen LogP contribution in [0.1, 0.15) is 100 Å². The molecule has 0 spiro atoms. The number of carbonyl (C=O) groups is 1. The van der Waals surface area contributed by atoms with E-state index >= 15 is 0 Å². The molecule has 32 heavy (non-hydrogen) atoms. The Morgan fingerprint density at radius 2 is 1.81 bits per heavy atom. The number of aromatic nitrogens is 2. The maximum Gasteiger partial charge on any atom is 0.315 e. The normalized spacial score (nSPS) is 18.9. The van der Waals surface area contributed by atoms with E-state index in [2.05, 4.69) is 28.8 Å². The van der Waals surface area contributed by atoms with Crippen LogP contribution in [0.2, 0.25) is 0 Å². The molecular weight excluding hydrogens is 422 g/mol. The van der Waals surface area contributed by atoms with E-state index in [9.17, 15) is 4.79 Å². The summed E-state index contributed by atoms with van der Waals surface area (Å²) in [5.41, 5.74) is 1.48. The molecule has 186 valence electrons. The number of likely N-dealkylation sites (N-methyl/N-ethyl adjacent to an activating group) is 1. The van der Waals surface area contributed by atoms with E-state index in [1.165, 1.54) is 31.0 Å². The van der Waals surface area contributed by atoms with Crippen LogP contribution in [0.3, 0.4) is 0 Å². The van der Waals surface area contributed by atoms with E-state index in [0.717, 1.165) is 37.2 Å². The molecule has 0 saturated heterocycles. The third-order valence-electron chi connectivity index (χ3n) is 5.33. The summed E-state index contributed by atoms with van der Waals surface area (Å²) in [4.78, 5) is 12.3. The monoisotopic (exact) mass is 470 g/mol. The quantitative estimate of drug-likeness (QED) is 0.228. The Bertz CT molecular complexity index is 682. The standard InChI is InChI=1S/C21H36N3O3S.2C2H6/c1-7-8-9-10-14-26-19-18(22-28-23-19)17-12-11-13-24(6,15-17)16(2)27-20(25)21(3,4)5;2*1-2/h12,16H,7-11,13-15H2,1-6H3;2*1-2H3/q+1;;. The number of carbonyl (C=O) groups excluding carboxylic acids is 1. The second-order valence-electron chi connectivity index (χ2n) is 8.96. The van der Waals surface area contributed by atoms with Gasteiger partial charge in [-0.05, 0) is 27.2 Å². The van der Waals surface area contributed by atoms with E-state index in [1.807, 2.05) is 55.4 Å². The summed E-state index contributed by atoms with van der Waals surface area (Å²) < 4.78 is 21.2. The van der Waals surface area contributed by atoms with E-state index in [0.29, 0.717) is 17.0 Å². The van der Waals surface area contributed by atoms with Gasteiger partial charge in [0.1, 0.15) is 12.2 Å². The Morgan fingerprint density at radius 3 is 2.41 bits per heavy atom. The van der Waals surface area contributed by atoms with Gasteiger partial charge in [-0.25, -0.2) is 0 Å². The van der Waals surface area contributed by atoms with Crippen LogP contribution >= 0.6 is 11.7 Å². The molecule has 0 aliphatic carbocycles. The molecule has 2 atom stereocenters. The number of hydrogen-bond acceptors (Lipinski definition) is 6. The molecule has 0 N–H and O–H groups in total. The number of esters is 1. The van der Waals surface area contributed by atoms with Gasteiger partial charge >= 0.3 is 5.97 Å². The maximum absolute atomic E-state index is 12.3.